The van der Waals surface area contributed by atoms with E-state index in [1.54, 1.807) is 22.2 Å². The monoisotopic (exact) mass is 307 g/mol. The molecule has 1 unspecified atom stereocenters. The molecule has 3 rings (SSSR count). The van der Waals surface area contributed by atoms with Crippen molar-refractivity contribution >= 4 is 33.7 Å². The summed E-state index contributed by atoms with van der Waals surface area (Å²) in [6.45, 7) is 2.24. The van der Waals surface area contributed by atoms with Gasteiger partial charge in [-0.1, -0.05) is 19.8 Å². The van der Waals surface area contributed by atoms with Gasteiger partial charge in [0.2, 0.25) is 0 Å². The molecule has 0 aliphatic heterocycles. The molecule has 0 spiro atoms. The molecule has 1 aliphatic carbocycles. The van der Waals surface area contributed by atoms with E-state index >= 15 is 0 Å². The molecule has 0 aromatic carbocycles. The van der Waals surface area contributed by atoms with Crippen molar-refractivity contribution < 1.29 is 4.79 Å². The summed E-state index contributed by atoms with van der Waals surface area (Å²) < 4.78 is 0. The van der Waals surface area contributed by atoms with Gasteiger partial charge in [-0.05, 0) is 25.2 Å². The third-order valence-corrected chi connectivity index (χ3v) is 5.25. The molecule has 1 aliphatic rings. The fourth-order valence-corrected chi connectivity index (χ4v) is 4.29. The molecule has 4 nitrogen and oxygen atoms in total. The summed E-state index contributed by atoms with van der Waals surface area (Å²) in [5.41, 5.74) is 3.31. The third kappa shape index (κ3) is 2.91. The van der Waals surface area contributed by atoms with Gasteiger partial charge in [0.1, 0.15) is 5.69 Å². The number of nitrogens with one attached hydrogen (secondary N) is 1. The number of fused-ring (bicyclic) bond motifs is 1. The van der Waals surface area contributed by atoms with E-state index in [1.807, 2.05) is 0 Å². The second kappa shape index (κ2) is 6.01. The van der Waals surface area contributed by atoms with Gasteiger partial charge in [0.25, 0.3) is 5.91 Å². The Morgan fingerprint density at radius 1 is 1.55 bits per heavy atom. The van der Waals surface area contributed by atoms with Crippen LogP contribution in [0.2, 0.25) is 0 Å². The molecule has 2 heterocycles. The van der Waals surface area contributed by atoms with Crippen LogP contribution in [0, 0.1) is 5.92 Å². The van der Waals surface area contributed by atoms with Crippen molar-refractivity contribution in [2.45, 2.75) is 39.0 Å². The lowest BCUT2D eigenvalue weighted by Gasteiger charge is -2.19. The smallest absolute Gasteiger partial charge is 0.276 e. The lowest BCUT2D eigenvalue weighted by molar-refractivity contribution is 0.102. The van der Waals surface area contributed by atoms with Gasteiger partial charge in [-0.3, -0.25) is 10.1 Å². The first-order valence-corrected chi connectivity index (χ1v) is 8.70. The third-order valence-electron chi connectivity index (χ3n) is 3.62. The molecular weight excluding hydrogens is 290 g/mol. The summed E-state index contributed by atoms with van der Waals surface area (Å²) in [5, 5.41) is 5.32. The maximum absolute atomic E-state index is 12.0. The molecule has 0 radical (unpaired) electrons. The van der Waals surface area contributed by atoms with Crippen molar-refractivity contribution in [3.05, 3.63) is 27.2 Å². The topological polar surface area (TPSA) is 54.9 Å². The minimum Gasteiger partial charge on any atom is -0.296 e. The maximum atomic E-state index is 12.0. The molecule has 20 heavy (non-hydrogen) atoms. The van der Waals surface area contributed by atoms with Crippen molar-refractivity contribution in [2.75, 3.05) is 5.32 Å². The van der Waals surface area contributed by atoms with Crippen LogP contribution in [0.1, 0.15) is 47.2 Å². The van der Waals surface area contributed by atoms with E-state index in [-0.39, 0.29) is 5.91 Å². The highest BCUT2D eigenvalue weighted by Crippen LogP contribution is 2.34. The van der Waals surface area contributed by atoms with Crippen molar-refractivity contribution in [3.63, 3.8) is 0 Å². The second-order valence-corrected chi connectivity index (χ2v) is 6.92. The van der Waals surface area contributed by atoms with Gasteiger partial charge in [0.15, 0.2) is 5.13 Å². The Morgan fingerprint density at radius 3 is 3.20 bits per heavy atom. The van der Waals surface area contributed by atoms with E-state index in [4.69, 9.17) is 0 Å². The van der Waals surface area contributed by atoms with Gasteiger partial charge in [-0.25, -0.2) is 9.97 Å². The van der Waals surface area contributed by atoms with E-state index < -0.39 is 0 Å². The van der Waals surface area contributed by atoms with Crippen LogP contribution in [-0.4, -0.2) is 15.9 Å². The van der Waals surface area contributed by atoms with Gasteiger partial charge in [-0.15, -0.1) is 22.7 Å². The molecule has 2 aromatic heterocycles. The lowest BCUT2D eigenvalue weighted by atomic mass is 9.88. The Bertz CT molecular complexity index is 592. The molecule has 0 bridgehead atoms. The summed E-state index contributed by atoms with van der Waals surface area (Å²) in [6, 6.07) is 0. The number of carbonyl (C=O) groups is 1. The lowest BCUT2D eigenvalue weighted by Crippen LogP contribution is -2.13. The SMILES string of the molecule is CCCC1CCc2nc(NC(=O)c3cscn3)sc2C1. The zero-order valence-electron chi connectivity index (χ0n) is 11.4. The Labute approximate surface area is 126 Å². The van der Waals surface area contributed by atoms with Crippen LogP contribution in [0.4, 0.5) is 5.13 Å². The molecule has 1 N–H and O–H groups in total. The van der Waals surface area contributed by atoms with Gasteiger partial charge in [-0.2, -0.15) is 0 Å². The number of carbonyl (C=O) groups excluding carboxylic acids is 1. The number of aryl methyl sites for hydroxylation is 1. The number of anilines is 1. The number of rotatable bonds is 4. The molecular formula is C14H17N3OS2. The van der Waals surface area contributed by atoms with Crippen LogP contribution < -0.4 is 5.32 Å². The fraction of sp³-hybridized carbons (Fsp3) is 0.500. The summed E-state index contributed by atoms with van der Waals surface area (Å²) in [4.78, 5) is 21.9. The number of amides is 1. The van der Waals surface area contributed by atoms with Crippen LogP contribution in [-0.2, 0) is 12.8 Å². The number of nitrogens with zero attached hydrogens (tertiary/aromatic N) is 2. The minimum absolute atomic E-state index is 0.164. The highest BCUT2D eigenvalue weighted by Gasteiger charge is 2.22. The van der Waals surface area contributed by atoms with Crippen molar-refractivity contribution in [2.24, 2.45) is 5.92 Å². The second-order valence-electron chi connectivity index (χ2n) is 5.11. The predicted molar refractivity (Wildman–Crippen MR) is 82.6 cm³/mol. The highest BCUT2D eigenvalue weighted by molar-refractivity contribution is 7.16. The maximum Gasteiger partial charge on any atom is 0.276 e. The molecule has 6 heteroatoms. The standard InChI is InChI=1S/C14H17N3OS2/c1-2-3-9-4-5-10-12(6-9)20-14(16-10)17-13(18)11-7-19-8-15-11/h7-9H,2-6H2,1H3,(H,16,17,18). The Hall–Kier alpha value is -1.27. The van der Waals surface area contributed by atoms with Gasteiger partial charge >= 0.3 is 0 Å². The summed E-state index contributed by atoms with van der Waals surface area (Å²) in [6.07, 6.45) is 5.92. The van der Waals surface area contributed by atoms with Crippen molar-refractivity contribution in [3.8, 4) is 0 Å². The Kier molecular flexibility index (Phi) is 4.12. The zero-order valence-corrected chi connectivity index (χ0v) is 13.0. The average Bonchev–Trinajstić information content (AvgIpc) is 3.06. The first-order valence-electron chi connectivity index (χ1n) is 6.94. The average molecular weight is 307 g/mol. The van der Waals surface area contributed by atoms with Crippen molar-refractivity contribution in [1.82, 2.24) is 9.97 Å². The first-order chi connectivity index (χ1) is 9.76. The van der Waals surface area contributed by atoms with Crippen LogP contribution >= 0.6 is 22.7 Å². The normalized spacial score (nSPS) is 17.8. The largest absolute Gasteiger partial charge is 0.296 e. The Balaban J connectivity index is 1.69. The minimum atomic E-state index is -0.164. The summed E-state index contributed by atoms with van der Waals surface area (Å²) >= 11 is 3.05. The fourth-order valence-electron chi connectivity index (χ4n) is 2.64. The van der Waals surface area contributed by atoms with Crippen LogP contribution in [0.3, 0.4) is 0 Å². The molecule has 2 aromatic rings. The molecule has 106 valence electrons. The van der Waals surface area contributed by atoms with Gasteiger partial charge in [0.05, 0.1) is 11.2 Å². The van der Waals surface area contributed by atoms with Gasteiger partial charge < -0.3 is 0 Å². The number of aromatic nitrogens is 2. The number of hydrogen-bond acceptors (Lipinski definition) is 5. The van der Waals surface area contributed by atoms with Gasteiger partial charge in [0, 0.05) is 10.3 Å². The highest BCUT2D eigenvalue weighted by atomic mass is 32.1. The van der Waals surface area contributed by atoms with Crippen molar-refractivity contribution in [1.29, 1.82) is 0 Å². The predicted octanol–water partition coefficient (Wildman–Crippen LogP) is 3.76. The van der Waals surface area contributed by atoms with Crippen LogP contribution in [0.15, 0.2) is 10.9 Å². The van der Waals surface area contributed by atoms with E-state index in [1.165, 1.54) is 41.2 Å². The number of hydrogen-bond donors (Lipinski definition) is 1. The van der Waals surface area contributed by atoms with E-state index in [9.17, 15) is 4.79 Å². The van der Waals surface area contributed by atoms with E-state index in [0.29, 0.717) is 10.8 Å². The Morgan fingerprint density at radius 2 is 2.45 bits per heavy atom. The summed E-state index contributed by atoms with van der Waals surface area (Å²) in [5.74, 6) is 0.623. The zero-order chi connectivity index (χ0) is 13.9. The molecule has 1 atom stereocenters. The summed E-state index contributed by atoms with van der Waals surface area (Å²) in [7, 11) is 0. The molecule has 1 amide bonds. The van der Waals surface area contributed by atoms with Crippen LogP contribution in [0.25, 0.3) is 0 Å². The molecule has 0 saturated heterocycles. The number of thiazole rings is 2. The van der Waals surface area contributed by atoms with E-state index in [0.717, 1.165) is 18.8 Å². The molecule has 0 saturated carbocycles. The molecule has 0 fully saturated rings. The van der Waals surface area contributed by atoms with Crippen LogP contribution in [0.5, 0.6) is 0 Å². The van der Waals surface area contributed by atoms with E-state index in [2.05, 4.69) is 22.2 Å². The quantitative estimate of drug-likeness (QED) is 0.935. The first kappa shape index (κ1) is 13.7.